The number of anilines is 1. The lowest BCUT2D eigenvalue weighted by Gasteiger charge is -2.07. The lowest BCUT2D eigenvalue weighted by Crippen LogP contribution is -2.13. The van der Waals surface area contributed by atoms with Crippen LogP contribution in [0.25, 0.3) is 0 Å². The van der Waals surface area contributed by atoms with E-state index in [0.717, 1.165) is 0 Å². The summed E-state index contributed by atoms with van der Waals surface area (Å²) in [5, 5.41) is 6.63. The molecule has 1 aromatic carbocycles. The fourth-order valence-corrected chi connectivity index (χ4v) is 1.63. The molecule has 18 heavy (non-hydrogen) atoms. The summed E-state index contributed by atoms with van der Waals surface area (Å²) in [6.07, 6.45) is 3.09. The number of Topliss-reactive ketones (excluding diaryl/α,β-unsaturated/α-hetero) is 1. The van der Waals surface area contributed by atoms with Crippen molar-refractivity contribution in [1.29, 1.82) is 0 Å². The summed E-state index contributed by atoms with van der Waals surface area (Å²) in [4.78, 5) is 23.3. The number of hydrogen-bond acceptors (Lipinski definition) is 3. The molecule has 5 heteroatoms. The van der Waals surface area contributed by atoms with Crippen LogP contribution in [0.1, 0.15) is 27.6 Å². The van der Waals surface area contributed by atoms with Gasteiger partial charge in [-0.15, -0.1) is 0 Å². The van der Waals surface area contributed by atoms with Gasteiger partial charge in [0.05, 0.1) is 17.4 Å². The summed E-state index contributed by atoms with van der Waals surface area (Å²) in [7, 11) is 1.74. The molecule has 5 nitrogen and oxygen atoms in total. The molecule has 2 rings (SSSR count). The van der Waals surface area contributed by atoms with Gasteiger partial charge in [0.2, 0.25) is 0 Å². The number of carbonyl (C=O) groups is 2. The van der Waals surface area contributed by atoms with E-state index in [1.54, 1.807) is 42.2 Å². The van der Waals surface area contributed by atoms with Gasteiger partial charge >= 0.3 is 0 Å². The van der Waals surface area contributed by atoms with Crippen LogP contribution in [0.3, 0.4) is 0 Å². The van der Waals surface area contributed by atoms with E-state index in [0.29, 0.717) is 16.8 Å². The summed E-state index contributed by atoms with van der Waals surface area (Å²) in [6.45, 7) is 1.47. The Hall–Kier alpha value is -2.43. The van der Waals surface area contributed by atoms with Crippen molar-refractivity contribution in [2.45, 2.75) is 6.92 Å². The molecule has 0 unspecified atom stereocenters. The number of carbonyl (C=O) groups excluding carboxylic acids is 2. The molecule has 1 amide bonds. The van der Waals surface area contributed by atoms with Crippen LogP contribution in [0.5, 0.6) is 0 Å². The highest BCUT2D eigenvalue weighted by molar-refractivity contribution is 6.08. The lowest BCUT2D eigenvalue weighted by atomic mass is 10.1. The maximum Gasteiger partial charge on any atom is 0.258 e. The van der Waals surface area contributed by atoms with Gasteiger partial charge in [-0.25, -0.2) is 0 Å². The smallest absolute Gasteiger partial charge is 0.258 e. The highest BCUT2D eigenvalue weighted by Crippen LogP contribution is 2.16. The third kappa shape index (κ3) is 2.45. The average molecular weight is 243 g/mol. The number of aromatic nitrogens is 2. The largest absolute Gasteiger partial charge is 0.321 e. The Kier molecular flexibility index (Phi) is 3.23. The second kappa shape index (κ2) is 4.83. The van der Waals surface area contributed by atoms with E-state index in [-0.39, 0.29) is 11.7 Å². The normalized spacial score (nSPS) is 10.1. The average Bonchev–Trinajstić information content (AvgIpc) is 2.76. The molecule has 0 spiro atoms. The van der Waals surface area contributed by atoms with Crippen LogP contribution < -0.4 is 5.32 Å². The molecule has 1 N–H and O–H groups in total. The second-order valence-electron chi connectivity index (χ2n) is 3.96. The minimum Gasteiger partial charge on any atom is -0.321 e. The van der Waals surface area contributed by atoms with E-state index in [4.69, 9.17) is 0 Å². The highest BCUT2D eigenvalue weighted by Gasteiger charge is 2.12. The second-order valence-corrected chi connectivity index (χ2v) is 3.96. The summed E-state index contributed by atoms with van der Waals surface area (Å²) < 4.78 is 1.55. The van der Waals surface area contributed by atoms with Crippen LogP contribution in [0.2, 0.25) is 0 Å². The number of nitrogens with one attached hydrogen (secondary N) is 1. The number of amides is 1. The number of para-hydroxylation sites is 1. The molecule has 1 heterocycles. The number of benzene rings is 1. The van der Waals surface area contributed by atoms with Crippen LogP contribution in [0.15, 0.2) is 36.7 Å². The van der Waals surface area contributed by atoms with E-state index >= 15 is 0 Å². The number of aryl methyl sites for hydroxylation is 1. The van der Waals surface area contributed by atoms with Crippen molar-refractivity contribution >= 4 is 17.4 Å². The van der Waals surface area contributed by atoms with E-state index in [1.807, 2.05) is 0 Å². The van der Waals surface area contributed by atoms with Crippen molar-refractivity contribution in [2.24, 2.45) is 7.05 Å². The molecule has 0 saturated carbocycles. The zero-order valence-corrected chi connectivity index (χ0v) is 10.2. The van der Waals surface area contributed by atoms with Gasteiger partial charge in [-0.1, -0.05) is 12.1 Å². The van der Waals surface area contributed by atoms with Crippen molar-refractivity contribution in [2.75, 3.05) is 5.32 Å². The van der Waals surface area contributed by atoms with Crippen molar-refractivity contribution in [1.82, 2.24) is 9.78 Å². The molecule has 0 atom stereocenters. The third-order valence-corrected chi connectivity index (χ3v) is 2.52. The quantitative estimate of drug-likeness (QED) is 0.837. The first-order valence-corrected chi connectivity index (χ1v) is 5.48. The monoisotopic (exact) mass is 243 g/mol. The Balaban J connectivity index is 2.24. The zero-order chi connectivity index (χ0) is 13.1. The van der Waals surface area contributed by atoms with Crippen molar-refractivity contribution in [3.8, 4) is 0 Å². The Labute approximate surface area is 104 Å². The van der Waals surface area contributed by atoms with Crippen molar-refractivity contribution in [3.63, 3.8) is 0 Å². The topological polar surface area (TPSA) is 64.0 Å². The van der Waals surface area contributed by atoms with Gasteiger partial charge in [0.25, 0.3) is 5.91 Å². The summed E-state index contributed by atoms with van der Waals surface area (Å²) in [6, 6.07) is 6.91. The van der Waals surface area contributed by atoms with Crippen LogP contribution in [-0.2, 0) is 7.05 Å². The van der Waals surface area contributed by atoms with Crippen LogP contribution in [0, 0.1) is 0 Å². The number of nitrogens with zero attached hydrogens (tertiary/aromatic N) is 2. The fourth-order valence-electron chi connectivity index (χ4n) is 1.63. The Morgan fingerprint density at radius 2 is 2.00 bits per heavy atom. The van der Waals surface area contributed by atoms with E-state index in [1.165, 1.54) is 13.1 Å². The van der Waals surface area contributed by atoms with Gasteiger partial charge in [0.1, 0.15) is 0 Å². The van der Waals surface area contributed by atoms with Gasteiger partial charge < -0.3 is 5.32 Å². The minimum absolute atomic E-state index is 0.0860. The van der Waals surface area contributed by atoms with Crippen LogP contribution >= 0.6 is 0 Å². The molecular formula is C13H13N3O2. The van der Waals surface area contributed by atoms with Gasteiger partial charge in [0.15, 0.2) is 5.78 Å². The van der Waals surface area contributed by atoms with Gasteiger partial charge in [0, 0.05) is 18.8 Å². The molecule has 1 aromatic heterocycles. The highest BCUT2D eigenvalue weighted by atomic mass is 16.2. The fraction of sp³-hybridized carbons (Fsp3) is 0.154. The molecule has 92 valence electrons. The predicted molar refractivity (Wildman–Crippen MR) is 67.6 cm³/mol. The van der Waals surface area contributed by atoms with E-state index < -0.39 is 0 Å². The Morgan fingerprint density at radius 3 is 2.61 bits per heavy atom. The van der Waals surface area contributed by atoms with Crippen molar-refractivity contribution < 1.29 is 9.59 Å². The molecule has 0 fully saturated rings. The molecular weight excluding hydrogens is 230 g/mol. The minimum atomic E-state index is -0.281. The first-order chi connectivity index (χ1) is 8.58. The molecule has 2 aromatic rings. The number of rotatable bonds is 3. The SMILES string of the molecule is CC(=O)c1ccccc1NC(=O)c1cnn(C)c1. The molecule has 0 bridgehead atoms. The summed E-state index contributed by atoms with van der Waals surface area (Å²) >= 11 is 0. The molecule has 0 aliphatic heterocycles. The van der Waals surface area contributed by atoms with Gasteiger partial charge in [-0.2, -0.15) is 5.10 Å². The molecule has 0 radical (unpaired) electrons. The molecule has 0 saturated heterocycles. The first kappa shape index (κ1) is 12.0. The number of hydrogen-bond donors (Lipinski definition) is 1. The maximum absolute atomic E-state index is 11.9. The van der Waals surface area contributed by atoms with Crippen molar-refractivity contribution in [3.05, 3.63) is 47.8 Å². The van der Waals surface area contributed by atoms with Gasteiger partial charge in [-0.05, 0) is 19.1 Å². The first-order valence-electron chi connectivity index (χ1n) is 5.48. The molecule has 0 aliphatic rings. The van der Waals surface area contributed by atoms with Crippen LogP contribution in [-0.4, -0.2) is 21.5 Å². The molecule has 0 aliphatic carbocycles. The number of ketones is 1. The summed E-state index contributed by atoms with van der Waals surface area (Å²) in [5.41, 5.74) is 1.46. The zero-order valence-electron chi connectivity index (χ0n) is 10.2. The Bertz CT molecular complexity index is 602. The Morgan fingerprint density at radius 1 is 1.28 bits per heavy atom. The third-order valence-electron chi connectivity index (χ3n) is 2.52. The van der Waals surface area contributed by atoms with Crippen LogP contribution in [0.4, 0.5) is 5.69 Å². The van der Waals surface area contributed by atoms with E-state index in [2.05, 4.69) is 10.4 Å². The van der Waals surface area contributed by atoms with Gasteiger partial charge in [-0.3, -0.25) is 14.3 Å². The standard InChI is InChI=1S/C13H13N3O2/c1-9(17)11-5-3-4-6-12(11)15-13(18)10-7-14-16(2)8-10/h3-8H,1-2H3,(H,15,18). The van der Waals surface area contributed by atoms with E-state index in [9.17, 15) is 9.59 Å². The predicted octanol–water partition coefficient (Wildman–Crippen LogP) is 1.88. The lowest BCUT2D eigenvalue weighted by molar-refractivity contribution is 0.101. The summed E-state index contributed by atoms with van der Waals surface area (Å²) in [5.74, 6) is -0.367. The maximum atomic E-state index is 11.9.